The number of nitrogens with one attached hydrogen (secondary N) is 2. The van der Waals surface area contributed by atoms with Crippen molar-refractivity contribution in [3.05, 3.63) is 71.9 Å². The van der Waals surface area contributed by atoms with Crippen LogP contribution in [0.5, 0.6) is 5.75 Å². The lowest BCUT2D eigenvalue weighted by atomic mass is 10.1. The number of aromatic nitrogens is 2. The number of methoxy groups -OCH3 is 1. The highest BCUT2D eigenvalue weighted by molar-refractivity contribution is 7.89. The number of sulfonamides is 1. The number of fused-ring (bicyclic) bond motifs is 1. The second-order valence-corrected chi connectivity index (χ2v) is 8.97. The molecule has 0 spiro atoms. The van der Waals surface area contributed by atoms with Crippen LogP contribution in [0.3, 0.4) is 0 Å². The summed E-state index contributed by atoms with van der Waals surface area (Å²) in [6.07, 6.45) is 0. The number of hydrogen-bond acceptors (Lipinski definition) is 7. The fourth-order valence-electron chi connectivity index (χ4n) is 3.33. The lowest BCUT2D eigenvalue weighted by Crippen LogP contribution is -2.34. The fourth-order valence-corrected chi connectivity index (χ4v) is 4.36. The summed E-state index contributed by atoms with van der Waals surface area (Å²) in [5, 5.41) is 7.20. The van der Waals surface area contributed by atoms with Gasteiger partial charge in [0.2, 0.25) is 10.0 Å². The van der Waals surface area contributed by atoms with Crippen molar-refractivity contribution in [2.24, 2.45) is 0 Å². The van der Waals surface area contributed by atoms with E-state index in [2.05, 4.69) is 20.2 Å². The van der Waals surface area contributed by atoms with Crippen molar-refractivity contribution >= 4 is 27.0 Å². The zero-order valence-electron chi connectivity index (χ0n) is 18.0. The summed E-state index contributed by atoms with van der Waals surface area (Å²) in [5.74, 6) is 0.179. The number of carbonyl (C=O) groups is 1. The van der Waals surface area contributed by atoms with Crippen LogP contribution in [-0.2, 0) is 10.0 Å². The molecule has 2 aromatic carbocycles. The van der Waals surface area contributed by atoms with Crippen molar-refractivity contribution in [2.45, 2.75) is 11.8 Å². The third kappa shape index (κ3) is 4.86. The summed E-state index contributed by atoms with van der Waals surface area (Å²) in [7, 11) is -2.21. The second-order valence-electron chi connectivity index (χ2n) is 7.20. The largest absolute Gasteiger partial charge is 0.497 e. The van der Waals surface area contributed by atoms with Crippen molar-refractivity contribution in [1.29, 1.82) is 0 Å². The van der Waals surface area contributed by atoms with Gasteiger partial charge in [-0.25, -0.2) is 18.1 Å². The highest BCUT2D eigenvalue weighted by Crippen LogP contribution is 2.26. The molecule has 2 N–H and O–H groups in total. The molecule has 1 amide bonds. The molecule has 0 saturated carbocycles. The first kappa shape index (κ1) is 22.4. The number of pyridine rings is 1. The molecule has 2 heterocycles. The molecule has 0 aliphatic rings. The molecular weight excluding hydrogens is 444 g/mol. The molecule has 10 heteroatoms. The Balaban J connectivity index is 1.47. The van der Waals surface area contributed by atoms with E-state index in [9.17, 15) is 13.2 Å². The molecule has 0 atom stereocenters. The monoisotopic (exact) mass is 466 g/mol. The first-order valence-electron chi connectivity index (χ1n) is 10.1. The van der Waals surface area contributed by atoms with Gasteiger partial charge in [-0.05, 0) is 37.3 Å². The van der Waals surface area contributed by atoms with Gasteiger partial charge < -0.3 is 14.6 Å². The molecule has 2 aromatic heterocycles. The van der Waals surface area contributed by atoms with E-state index in [0.717, 1.165) is 5.56 Å². The minimum absolute atomic E-state index is 0.0164. The van der Waals surface area contributed by atoms with Gasteiger partial charge in [0.1, 0.15) is 5.75 Å². The van der Waals surface area contributed by atoms with Crippen LogP contribution in [0.25, 0.3) is 22.4 Å². The summed E-state index contributed by atoms with van der Waals surface area (Å²) < 4.78 is 37.7. The van der Waals surface area contributed by atoms with Gasteiger partial charge in [0.25, 0.3) is 11.6 Å². The van der Waals surface area contributed by atoms with Crippen LogP contribution in [0.4, 0.5) is 0 Å². The predicted octanol–water partition coefficient (Wildman–Crippen LogP) is 2.92. The Labute approximate surface area is 190 Å². The third-order valence-electron chi connectivity index (χ3n) is 5.00. The summed E-state index contributed by atoms with van der Waals surface area (Å²) >= 11 is 0. The smallest absolute Gasteiger partial charge is 0.259 e. The minimum Gasteiger partial charge on any atom is -0.497 e. The normalized spacial score (nSPS) is 11.5. The number of carbonyl (C=O) groups excluding carboxylic acids is 1. The number of benzene rings is 2. The summed E-state index contributed by atoms with van der Waals surface area (Å²) in [5.41, 5.74) is 2.57. The summed E-state index contributed by atoms with van der Waals surface area (Å²) in [4.78, 5) is 17.5. The van der Waals surface area contributed by atoms with E-state index in [1.54, 1.807) is 25.1 Å². The zero-order valence-corrected chi connectivity index (χ0v) is 18.8. The number of hydrogen-bond donors (Lipinski definition) is 2. The standard InChI is InChI=1S/C23H22N4O5S/c1-15-21-19(14-20(26-23(21)32-27-15)16-6-4-3-5-7-16)22(28)24-12-13-25-33(29,30)18-10-8-17(31-2)9-11-18/h3-11,14,25H,12-13H2,1-2H3,(H,24,28). The Kier molecular flexibility index (Phi) is 6.38. The van der Waals surface area contributed by atoms with Crippen molar-refractivity contribution < 1.29 is 22.5 Å². The maximum atomic E-state index is 13.0. The van der Waals surface area contributed by atoms with Crippen molar-refractivity contribution in [1.82, 2.24) is 20.2 Å². The Hall–Kier alpha value is -3.76. The van der Waals surface area contributed by atoms with Gasteiger partial charge in [0.15, 0.2) is 0 Å². The Bertz CT molecular complexity index is 1380. The van der Waals surface area contributed by atoms with Gasteiger partial charge in [0, 0.05) is 18.7 Å². The Morgan fingerprint density at radius 2 is 1.79 bits per heavy atom. The van der Waals surface area contributed by atoms with E-state index in [4.69, 9.17) is 9.26 Å². The Morgan fingerprint density at radius 1 is 1.06 bits per heavy atom. The molecule has 0 aliphatic carbocycles. The molecule has 0 bridgehead atoms. The summed E-state index contributed by atoms with van der Waals surface area (Å²) in [6.45, 7) is 1.83. The number of ether oxygens (including phenoxy) is 1. The maximum Gasteiger partial charge on any atom is 0.259 e. The topological polar surface area (TPSA) is 123 Å². The van der Waals surface area contributed by atoms with Crippen LogP contribution >= 0.6 is 0 Å². The lowest BCUT2D eigenvalue weighted by Gasteiger charge is -2.10. The molecule has 0 saturated heterocycles. The average molecular weight is 467 g/mol. The fraction of sp³-hybridized carbons (Fsp3) is 0.174. The van der Waals surface area contributed by atoms with Gasteiger partial charge in [-0.15, -0.1) is 0 Å². The van der Waals surface area contributed by atoms with E-state index in [-0.39, 0.29) is 29.6 Å². The van der Waals surface area contributed by atoms with E-state index in [1.165, 1.54) is 19.2 Å². The maximum absolute atomic E-state index is 13.0. The molecule has 0 unspecified atom stereocenters. The van der Waals surface area contributed by atoms with Crippen LogP contribution < -0.4 is 14.8 Å². The minimum atomic E-state index is -3.71. The highest BCUT2D eigenvalue weighted by Gasteiger charge is 2.19. The lowest BCUT2D eigenvalue weighted by molar-refractivity contribution is 0.0956. The molecule has 0 radical (unpaired) electrons. The Morgan fingerprint density at radius 3 is 2.48 bits per heavy atom. The first-order valence-corrected chi connectivity index (χ1v) is 11.6. The zero-order chi connectivity index (χ0) is 23.4. The van der Waals surface area contributed by atoms with Crippen molar-refractivity contribution in [3.63, 3.8) is 0 Å². The van der Waals surface area contributed by atoms with Crippen LogP contribution in [0.2, 0.25) is 0 Å². The SMILES string of the molecule is COc1ccc(S(=O)(=O)NCCNC(=O)c2cc(-c3ccccc3)nc3onc(C)c23)cc1. The van der Waals surface area contributed by atoms with Crippen LogP contribution in [0, 0.1) is 6.92 Å². The van der Waals surface area contributed by atoms with Crippen LogP contribution in [0.1, 0.15) is 16.1 Å². The van der Waals surface area contributed by atoms with Gasteiger partial charge in [-0.3, -0.25) is 4.79 Å². The van der Waals surface area contributed by atoms with Crippen molar-refractivity contribution in [2.75, 3.05) is 20.2 Å². The molecule has 4 rings (SSSR count). The molecule has 9 nitrogen and oxygen atoms in total. The quantitative estimate of drug-likeness (QED) is 0.383. The molecule has 33 heavy (non-hydrogen) atoms. The third-order valence-corrected chi connectivity index (χ3v) is 6.48. The van der Waals surface area contributed by atoms with Crippen LogP contribution in [-0.4, -0.2) is 44.7 Å². The van der Waals surface area contributed by atoms with Gasteiger partial charge >= 0.3 is 0 Å². The number of amides is 1. The van der Waals surface area contributed by atoms with Crippen LogP contribution in [0.15, 0.2) is 70.1 Å². The first-order chi connectivity index (χ1) is 15.9. The number of nitrogens with zero attached hydrogens (tertiary/aromatic N) is 2. The van der Waals surface area contributed by atoms with Gasteiger partial charge in [-0.1, -0.05) is 35.5 Å². The van der Waals surface area contributed by atoms with E-state index < -0.39 is 10.0 Å². The van der Waals surface area contributed by atoms with Gasteiger partial charge in [0.05, 0.1) is 34.3 Å². The molecule has 170 valence electrons. The van der Waals surface area contributed by atoms with E-state index in [0.29, 0.717) is 28.1 Å². The summed E-state index contributed by atoms with van der Waals surface area (Å²) in [6, 6.07) is 17.1. The van der Waals surface area contributed by atoms with E-state index in [1.807, 2.05) is 30.3 Å². The molecular formula is C23H22N4O5S. The van der Waals surface area contributed by atoms with Gasteiger partial charge in [-0.2, -0.15) is 0 Å². The molecule has 0 fully saturated rings. The predicted molar refractivity (Wildman–Crippen MR) is 122 cm³/mol. The highest BCUT2D eigenvalue weighted by atomic mass is 32.2. The average Bonchev–Trinajstić information content (AvgIpc) is 3.22. The van der Waals surface area contributed by atoms with E-state index >= 15 is 0 Å². The molecule has 4 aromatic rings. The molecule has 0 aliphatic heterocycles. The van der Waals surface area contributed by atoms with Crippen molar-refractivity contribution in [3.8, 4) is 17.0 Å². The number of aryl methyl sites for hydroxylation is 1. The second kappa shape index (κ2) is 9.39. The number of rotatable bonds is 8.